The minimum absolute atomic E-state index is 0.358. The fourth-order valence-electron chi connectivity index (χ4n) is 2.29. The van der Waals surface area contributed by atoms with E-state index in [-0.39, 0.29) is 5.82 Å². The molecule has 0 radical (unpaired) electrons. The summed E-state index contributed by atoms with van der Waals surface area (Å²) in [5.74, 6) is -1.41. The minimum Gasteiger partial charge on any atom is -0.478 e. The Morgan fingerprint density at radius 1 is 1.60 bits per heavy atom. The Balaban J connectivity index is 2.15. The molecule has 0 spiro atoms. The van der Waals surface area contributed by atoms with Crippen LogP contribution in [0.4, 0.5) is 4.39 Å². The van der Waals surface area contributed by atoms with E-state index < -0.39 is 5.97 Å². The van der Waals surface area contributed by atoms with E-state index in [2.05, 4.69) is 4.90 Å². The van der Waals surface area contributed by atoms with Crippen LogP contribution in [0.25, 0.3) is 6.08 Å². The SMILES string of the molecule is CN(Cc1ccc(F)cc1/C=C/C(=O)O)C1CCOC1. The number of carboxylic acid groups (broad SMARTS) is 1. The van der Waals surface area contributed by atoms with Crippen LogP contribution in [0.5, 0.6) is 0 Å². The fourth-order valence-corrected chi connectivity index (χ4v) is 2.29. The average Bonchev–Trinajstić information content (AvgIpc) is 2.93. The van der Waals surface area contributed by atoms with Crippen LogP contribution in [0.1, 0.15) is 17.5 Å². The summed E-state index contributed by atoms with van der Waals surface area (Å²) in [7, 11) is 1.99. The molecule has 1 aromatic carbocycles. The van der Waals surface area contributed by atoms with Crippen LogP contribution in [0.15, 0.2) is 24.3 Å². The van der Waals surface area contributed by atoms with E-state index in [0.717, 1.165) is 24.7 Å². The molecule has 4 nitrogen and oxygen atoms in total. The molecule has 1 aromatic rings. The van der Waals surface area contributed by atoms with Crippen molar-refractivity contribution in [2.45, 2.75) is 19.0 Å². The highest BCUT2D eigenvalue weighted by Gasteiger charge is 2.20. The number of carbonyl (C=O) groups is 1. The highest BCUT2D eigenvalue weighted by atomic mass is 19.1. The molecule has 1 N–H and O–H groups in total. The van der Waals surface area contributed by atoms with Crippen molar-refractivity contribution in [1.29, 1.82) is 0 Å². The Kier molecular flexibility index (Phi) is 4.87. The molecule has 1 atom stereocenters. The molecule has 108 valence electrons. The smallest absolute Gasteiger partial charge is 0.328 e. The second-order valence-electron chi connectivity index (χ2n) is 4.95. The number of rotatable bonds is 5. The van der Waals surface area contributed by atoms with Gasteiger partial charge in [0.2, 0.25) is 0 Å². The predicted octanol–water partition coefficient (Wildman–Crippen LogP) is 2.14. The first-order valence-electron chi connectivity index (χ1n) is 6.53. The zero-order valence-corrected chi connectivity index (χ0v) is 11.4. The summed E-state index contributed by atoms with van der Waals surface area (Å²) in [6.45, 7) is 2.11. The monoisotopic (exact) mass is 279 g/mol. The molecule has 2 rings (SSSR count). The van der Waals surface area contributed by atoms with Crippen LogP contribution in [0.2, 0.25) is 0 Å². The average molecular weight is 279 g/mol. The third-order valence-corrected chi connectivity index (χ3v) is 3.46. The Morgan fingerprint density at radius 2 is 2.40 bits per heavy atom. The van der Waals surface area contributed by atoms with Gasteiger partial charge in [0.15, 0.2) is 0 Å². The van der Waals surface area contributed by atoms with E-state index in [9.17, 15) is 9.18 Å². The molecule has 0 saturated carbocycles. The summed E-state index contributed by atoms with van der Waals surface area (Å²) >= 11 is 0. The normalized spacial score (nSPS) is 19.1. The van der Waals surface area contributed by atoms with Crippen LogP contribution in [0.3, 0.4) is 0 Å². The lowest BCUT2D eigenvalue weighted by molar-refractivity contribution is -0.131. The number of benzene rings is 1. The first-order valence-corrected chi connectivity index (χ1v) is 6.53. The lowest BCUT2D eigenvalue weighted by Crippen LogP contribution is -2.31. The second kappa shape index (κ2) is 6.63. The minimum atomic E-state index is -1.04. The second-order valence-corrected chi connectivity index (χ2v) is 4.95. The first kappa shape index (κ1) is 14.7. The molecule has 20 heavy (non-hydrogen) atoms. The predicted molar refractivity (Wildman–Crippen MR) is 73.8 cm³/mol. The lowest BCUT2D eigenvalue weighted by Gasteiger charge is -2.23. The summed E-state index contributed by atoms with van der Waals surface area (Å²) in [5.41, 5.74) is 1.50. The standard InChI is InChI=1S/C15H18FNO3/c1-17(14-6-7-20-10-14)9-12-2-4-13(16)8-11(12)3-5-15(18)19/h2-5,8,14H,6-7,9-10H2,1H3,(H,18,19)/b5-3+. The van der Waals surface area contributed by atoms with Gasteiger partial charge >= 0.3 is 5.97 Å². The van der Waals surface area contributed by atoms with Gasteiger partial charge in [0.1, 0.15) is 5.82 Å². The largest absolute Gasteiger partial charge is 0.478 e. The van der Waals surface area contributed by atoms with Gasteiger partial charge in [0.05, 0.1) is 6.61 Å². The van der Waals surface area contributed by atoms with E-state index >= 15 is 0 Å². The van der Waals surface area contributed by atoms with E-state index in [1.54, 1.807) is 6.07 Å². The van der Waals surface area contributed by atoms with Gasteiger partial charge in [-0.05, 0) is 42.8 Å². The third-order valence-electron chi connectivity index (χ3n) is 3.46. The lowest BCUT2D eigenvalue weighted by atomic mass is 10.1. The number of hydrogen-bond acceptors (Lipinski definition) is 3. The molecule has 0 aromatic heterocycles. The van der Waals surface area contributed by atoms with Crippen molar-refractivity contribution in [3.8, 4) is 0 Å². The summed E-state index contributed by atoms with van der Waals surface area (Å²) in [6, 6.07) is 4.81. The van der Waals surface area contributed by atoms with Crippen LogP contribution >= 0.6 is 0 Å². The Hall–Kier alpha value is -1.72. The number of hydrogen-bond donors (Lipinski definition) is 1. The third kappa shape index (κ3) is 3.88. The molecule has 1 saturated heterocycles. The quantitative estimate of drug-likeness (QED) is 0.839. The first-order chi connectivity index (χ1) is 9.56. The zero-order valence-electron chi connectivity index (χ0n) is 11.4. The Morgan fingerprint density at radius 3 is 3.05 bits per heavy atom. The van der Waals surface area contributed by atoms with E-state index in [4.69, 9.17) is 9.84 Å². The van der Waals surface area contributed by atoms with Crippen molar-refractivity contribution in [2.75, 3.05) is 20.3 Å². The molecule has 0 bridgehead atoms. The molecular formula is C15H18FNO3. The highest BCUT2D eigenvalue weighted by Crippen LogP contribution is 2.18. The maximum absolute atomic E-state index is 13.3. The molecular weight excluding hydrogens is 261 g/mol. The van der Waals surface area contributed by atoms with Gasteiger partial charge in [0.25, 0.3) is 0 Å². The van der Waals surface area contributed by atoms with Crippen molar-refractivity contribution in [2.24, 2.45) is 0 Å². The van der Waals surface area contributed by atoms with Gasteiger partial charge in [-0.15, -0.1) is 0 Å². The number of ether oxygens (including phenoxy) is 1. The van der Waals surface area contributed by atoms with E-state index in [0.29, 0.717) is 24.8 Å². The molecule has 1 unspecified atom stereocenters. The Labute approximate surface area is 117 Å². The molecule has 0 amide bonds. The maximum atomic E-state index is 13.3. The molecule has 1 aliphatic heterocycles. The van der Waals surface area contributed by atoms with Gasteiger partial charge < -0.3 is 9.84 Å². The number of carboxylic acids is 1. The topological polar surface area (TPSA) is 49.8 Å². The number of likely N-dealkylation sites (N-methyl/N-ethyl adjacent to an activating group) is 1. The maximum Gasteiger partial charge on any atom is 0.328 e. The van der Waals surface area contributed by atoms with Crippen molar-refractivity contribution in [3.63, 3.8) is 0 Å². The van der Waals surface area contributed by atoms with Crippen molar-refractivity contribution in [3.05, 3.63) is 41.2 Å². The van der Waals surface area contributed by atoms with E-state index in [1.165, 1.54) is 18.2 Å². The number of aliphatic carboxylic acids is 1. The summed E-state index contributed by atoms with van der Waals surface area (Å²) in [6.07, 6.45) is 3.44. The summed E-state index contributed by atoms with van der Waals surface area (Å²) < 4.78 is 18.6. The van der Waals surface area contributed by atoms with Crippen molar-refractivity contribution < 1.29 is 19.0 Å². The molecule has 1 fully saturated rings. The number of nitrogens with zero attached hydrogens (tertiary/aromatic N) is 1. The molecule has 5 heteroatoms. The fraction of sp³-hybridized carbons (Fsp3) is 0.400. The van der Waals surface area contributed by atoms with Gasteiger partial charge in [-0.2, -0.15) is 0 Å². The van der Waals surface area contributed by atoms with Crippen LogP contribution in [0, 0.1) is 5.82 Å². The molecule has 1 heterocycles. The van der Waals surface area contributed by atoms with Crippen molar-refractivity contribution in [1.82, 2.24) is 4.90 Å². The van der Waals surface area contributed by atoms with Crippen LogP contribution in [-0.2, 0) is 16.1 Å². The van der Waals surface area contributed by atoms with Gasteiger partial charge in [-0.1, -0.05) is 6.07 Å². The summed E-state index contributed by atoms with van der Waals surface area (Å²) in [4.78, 5) is 12.7. The Bertz CT molecular complexity index is 510. The molecule has 0 aliphatic carbocycles. The molecule has 1 aliphatic rings. The van der Waals surface area contributed by atoms with Crippen LogP contribution < -0.4 is 0 Å². The highest BCUT2D eigenvalue weighted by molar-refractivity contribution is 5.85. The zero-order chi connectivity index (χ0) is 14.5. The van der Waals surface area contributed by atoms with Crippen LogP contribution in [-0.4, -0.2) is 42.3 Å². The van der Waals surface area contributed by atoms with E-state index in [1.807, 2.05) is 7.05 Å². The number of halogens is 1. The summed E-state index contributed by atoms with van der Waals surface area (Å²) in [5, 5.41) is 8.68. The van der Waals surface area contributed by atoms with Crippen molar-refractivity contribution >= 4 is 12.0 Å². The van der Waals surface area contributed by atoms with Gasteiger partial charge in [-0.25, -0.2) is 9.18 Å². The van der Waals surface area contributed by atoms with Gasteiger partial charge in [-0.3, -0.25) is 4.90 Å². The van der Waals surface area contributed by atoms with Gasteiger partial charge in [0, 0.05) is 25.3 Å².